The SMILES string of the molecule is CCOC(=O)Cn1cc(-c2cc3c(cc2OC)-c2cc(=O)c(C(=O)OCC)cn2C(C(C)(C)C)C3)ccc1=O. The third-order valence-corrected chi connectivity index (χ3v) is 6.92. The summed E-state index contributed by atoms with van der Waals surface area (Å²) < 4.78 is 19.2. The van der Waals surface area contributed by atoms with Crippen molar-refractivity contribution in [3.05, 3.63) is 74.4 Å². The van der Waals surface area contributed by atoms with E-state index in [-0.39, 0.29) is 42.3 Å². The quantitative estimate of drug-likeness (QED) is 0.418. The fraction of sp³-hybridized carbons (Fsp3) is 0.400. The van der Waals surface area contributed by atoms with Crippen molar-refractivity contribution in [1.82, 2.24) is 9.13 Å². The van der Waals surface area contributed by atoms with Gasteiger partial charge in [-0.3, -0.25) is 14.4 Å². The second-order valence-corrected chi connectivity index (χ2v) is 10.5. The summed E-state index contributed by atoms with van der Waals surface area (Å²) >= 11 is 0. The number of hydrogen-bond acceptors (Lipinski definition) is 7. The van der Waals surface area contributed by atoms with Crippen LogP contribution in [0.3, 0.4) is 0 Å². The molecule has 1 atom stereocenters. The molecule has 3 aromatic rings. The van der Waals surface area contributed by atoms with Crippen LogP contribution in [0, 0.1) is 5.41 Å². The van der Waals surface area contributed by atoms with Crippen LogP contribution >= 0.6 is 0 Å². The molecule has 1 aliphatic rings. The number of benzene rings is 1. The minimum Gasteiger partial charge on any atom is -0.496 e. The van der Waals surface area contributed by atoms with Gasteiger partial charge in [-0.1, -0.05) is 20.8 Å². The van der Waals surface area contributed by atoms with Crippen molar-refractivity contribution in [1.29, 1.82) is 0 Å². The van der Waals surface area contributed by atoms with Crippen molar-refractivity contribution in [3.63, 3.8) is 0 Å². The molecule has 0 bridgehead atoms. The number of rotatable bonds is 7. The molecule has 0 saturated carbocycles. The van der Waals surface area contributed by atoms with Gasteiger partial charge in [-0.15, -0.1) is 0 Å². The van der Waals surface area contributed by atoms with Crippen LogP contribution in [-0.2, 0) is 27.2 Å². The molecule has 3 heterocycles. The molecule has 0 saturated heterocycles. The lowest BCUT2D eigenvalue weighted by Gasteiger charge is -2.39. The van der Waals surface area contributed by atoms with E-state index in [0.29, 0.717) is 23.4 Å². The number of aromatic nitrogens is 2. The lowest BCUT2D eigenvalue weighted by atomic mass is 9.78. The highest BCUT2D eigenvalue weighted by Gasteiger charge is 2.34. The Labute approximate surface area is 226 Å². The van der Waals surface area contributed by atoms with Crippen molar-refractivity contribution >= 4 is 11.9 Å². The lowest BCUT2D eigenvalue weighted by molar-refractivity contribution is -0.143. The number of hydrogen-bond donors (Lipinski definition) is 0. The minimum atomic E-state index is -0.637. The Morgan fingerprint density at radius 2 is 1.69 bits per heavy atom. The maximum absolute atomic E-state index is 13.0. The molecule has 39 heavy (non-hydrogen) atoms. The van der Waals surface area contributed by atoms with Crippen molar-refractivity contribution < 1.29 is 23.8 Å². The Morgan fingerprint density at radius 3 is 2.33 bits per heavy atom. The van der Waals surface area contributed by atoms with Crippen molar-refractivity contribution in [2.45, 2.75) is 53.6 Å². The summed E-state index contributed by atoms with van der Waals surface area (Å²) in [4.78, 5) is 50.0. The van der Waals surface area contributed by atoms with Crippen LogP contribution in [0.15, 0.2) is 52.3 Å². The molecule has 1 aliphatic heterocycles. The van der Waals surface area contributed by atoms with Gasteiger partial charge in [0.25, 0.3) is 5.56 Å². The molecule has 0 amide bonds. The van der Waals surface area contributed by atoms with E-state index < -0.39 is 17.4 Å². The van der Waals surface area contributed by atoms with E-state index in [4.69, 9.17) is 14.2 Å². The van der Waals surface area contributed by atoms with E-state index in [1.165, 1.54) is 16.7 Å². The van der Waals surface area contributed by atoms with Gasteiger partial charge >= 0.3 is 11.9 Å². The first-order valence-electron chi connectivity index (χ1n) is 13.0. The highest BCUT2D eigenvalue weighted by Crippen LogP contribution is 2.45. The van der Waals surface area contributed by atoms with Gasteiger partial charge in [0.05, 0.1) is 26.0 Å². The van der Waals surface area contributed by atoms with E-state index >= 15 is 0 Å². The molecule has 0 N–H and O–H groups in total. The van der Waals surface area contributed by atoms with Gasteiger partial charge in [0.2, 0.25) is 0 Å². The summed E-state index contributed by atoms with van der Waals surface area (Å²) in [5.41, 5.74) is 3.03. The number of carbonyl (C=O) groups excluding carboxylic acids is 2. The summed E-state index contributed by atoms with van der Waals surface area (Å²) in [5, 5.41) is 0. The number of ether oxygens (including phenoxy) is 3. The lowest BCUT2D eigenvalue weighted by Crippen LogP contribution is -2.33. The van der Waals surface area contributed by atoms with Gasteiger partial charge < -0.3 is 23.3 Å². The third-order valence-electron chi connectivity index (χ3n) is 6.92. The second kappa shape index (κ2) is 10.9. The summed E-state index contributed by atoms with van der Waals surface area (Å²) in [5.74, 6) is -0.591. The highest BCUT2D eigenvalue weighted by atomic mass is 16.5. The Hall–Kier alpha value is -4.14. The molecule has 9 heteroatoms. The zero-order chi connectivity index (χ0) is 28.5. The Kier molecular flexibility index (Phi) is 7.81. The second-order valence-electron chi connectivity index (χ2n) is 10.5. The van der Waals surface area contributed by atoms with Gasteiger partial charge in [0, 0.05) is 47.3 Å². The maximum atomic E-state index is 13.0. The first-order valence-corrected chi connectivity index (χ1v) is 13.0. The average Bonchev–Trinajstić information content (AvgIpc) is 2.88. The predicted octanol–water partition coefficient (Wildman–Crippen LogP) is 4.24. The van der Waals surface area contributed by atoms with E-state index in [9.17, 15) is 19.2 Å². The summed E-state index contributed by atoms with van der Waals surface area (Å²) in [6, 6.07) is 8.42. The van der Waals surface area contributed by atoms with E-state index in [2.05, 4.69) is 20.8 Å². The number of fused-ring (bicyclic) bond motifs is 3. The Morgan fingerprint density at radius 1 is 0.974 bits per heavy atom. The minimum absolute atomic E-state index is 0.00532. The van der Waals surface area contributed by atoms with E-state index in [0.717, 1.165) is 16.7 Å². The van der Waals surface area contributed by atoms with Crippen LogP contribution in [0.2, 0.25) is 0 Å². The molecule has 1 aromatic carbocycles. The molecule has 9 nitrogen and oxygen atoms in total. The summed E-state index contributed by atoms with van der Waals surface area (Å²) in [6.07, 6.45) is 3.87. The zero-order valence-corrected chi connectivity index (χ0v) is 23.2. The first kappa shape index (κ1) is 27.9. The molecule has 0 radical (unpaired) electrons. The Bertz CT molecular complexity index is 1540. The van der Waals surface area contributed by atoms with Gasteiger partial charge in [-0.2, -0.15) is 0 Å². The Balaban J connectivity index is 1.89. The van der Waals surface area contributed by atoms with Crippen molar-refractivity contribution in [2.75, 3.05) is 20.3 Å². The maximum Gasteiger partial charge on any atom is 0.343 e. The molecule has 1 unspecified atom stereocenters. The van der Waals surface area contributed by atoms with Crippen LogP contribution in [0.4, 0.5) is 0 Å². The highest BCUT2D eigenvalue weighted by molar-refractivity contribution is 5.89. The average molecular weight is 535 g/mol. The van der Waals surface area contributed by atoms with Crippen LogP contribution in [0.25, 0.3) is 22.4 Å². The van der Waals surface area contributed by atoms with Crippen LogP contribution in [0.1, 0.15) is 56.6 Å². The van der Waals surface area contributed by atoms with E-state index in [1.54, 1.807) is 39.4 Å². The molecular formula is C30H34N2O7. The largest absolute Gasteiger partial charge is 0.496 e. The number of carbonyl (C=O) groups is 2. The molecule has 4 rings (SSSR count). The summed E-state index contributed by atoms with van der Waals surface area (Å²) in [6.45, 7) is 9.97. The number of methoxy groups -OCH3 is 1. The molecule has 0 spiro atoms. The summed E-state index contributed by atoms with van der Waals surface area (Å²) in [7, 11) is 1.55. The van der Waals surface area contributed by atoms with Crippen LogP contribution < -0.4 is 15.7 Å². The molecule has 206 valence electrons. The predicted molar refractivity (Wildman–Crippen MR) is 147 cm³/mol. The standard InChI is InChI=1S/C30H34N2O7/c1-7-38-28(35)17-31-15-18(9-10-27(31)34)21-11-19-12-26(30(3,4)5)32-16-22(29(36)39-8-2)24(33)14-23(32)20(19)13-25(21)37-6/h9-11,13-16,26H,7-8,12,17H2,1-6H3. The smallest absolute Gasteiger partial charge is 0.343 e. The first-order chi connectivity index (χ1) is 18.5. The van der Waals surface area contributed by atoms with Gasteiger partial charge in [0.15, 0.2) is 5.43 Å². The van der Waals surface area contributed by atoms with Crippen molar-refractivity contribution in [2.24, 2.45) is 5.41 Å². The fourth-order valence-electron chi connectivity index (χ4n) is 5.00. The van der Waals surface area contributed by atoms with E-state index in [1.807, 2.05) is 16.7 Å². The molecule has 0 fully saturated rings. The number of esters is 2. The number of nitrogens with zero attached hydrogens (tertiary/aromatic N) is 2. The topological polar surface area (TPSA) is 106 Å². The molecule has 0 aliphatic carbocycles. The monoisotopic (exact) mass is 534 g/mol. The normalized spacial score (nSPS) is 14.3. The number of pyridine rings is 2. The van der Waals surface area contributed by atoms with Crippen LogP contribution in [-0.4, -0.2) is 41.4 Å². The molecular weight excluding hydrogens is 500 g/mol. The van der Waals surface area contributed by atoms with Crippen molar-refractivity contribution in [3.8, 4) is 28.1 Å². The van der Waals surface area contributed by atoms with Gasteiger partial charge in [0.1, 0.15) is 17.9 Å². The third kappa shape index (κ3) is 5.53. The van der Waals surface area contributed by atoms with Gasteiger partial charge in [-0.05, 0) is 49.4 Å². The van der Waals surface area contributed by atoms with Crippen LogP contribution in [0.5, 0.6) is 5.75 Å². The molecule has 2 aromatic heterocycles. The van der Waals surface area contributed by atoms with Gasteiger partial charge in [-0.25, -0.2) is 4.79 Å². The fourth-order valence-corrected chi connectivity index (χ4v) is 5.00. The zero-order valence-electron chi connectivity index (χ0n) is 23.2.